The summed E-state index contributed by atoms with van der Waals surface area (Å²) in [6.45, 7) is 1.03. The minimum Gasteiger partial charge on any atom is -0.347 e. The van der Waals surface area contributed by atoms with Crippen LogP contribution in [0, 0.1) is 0 Å². The van der Waals surface area contributed by atoms with Crippen molar-refractivity contribution in [2.75, 3.05) is 13.1 Å². The first-order valence-corrected chi connectivity index (χ1v) is 12.0. The fourth-order valence-electron chi connectivity index (χ4n) is 3.47. The molecule has 2 aliphatic heterocycles. The van der Waals surface area contributed by atoms with Crippen LogP contribution in [0.1, 0.15) is 53.1 Å². The topological polar surface area (TPSA) is 142 Å². The van der Waals surface area contributed by atoms with E-state index in [-0.39, 0.29) is 49.0 Å². The van der Waals surface area contributed by atoms with Gasteiger partial charge in [-0.2, -0.15) is 0 Å². The van der Waals surface area contributed by atoms with Gasteiger partial charge in [0, 0.05) is 26.2 Å². The molecule has 0 radical (unpaired) electrons. The van der Waals surface area contributed by atoms with Gasteiger partial charge >= 0.3 is 0 Å². The number of hydrogen-bond donors (Lipinski definition) is 4. The highest BCUT2D eigenvalue weighted by Gasteiger charge is 2.13. The van der Waals surface area contributed by atoms with Crippen molar-refractivity contribution < 1.29 is 19.2 Å². The number of carbonyl (C=O) groups is 4. The summed E-state index contributed by atoms with van der Waals surface area (Å²) in [6.07, 6.45) is 6.91. The van der Waals surface area contributed by atoms with Crippen LogP contribution in [0.3, 0.4) is 0 Å². The largest absolute Gasteiger partial charge is 0.347 e. The smallest absolute Gasteiger partial charge is 0.270 e. The molecule has 2 aromatic heterocycles. The molecule has 38 heavy (non-hydrogen) atoms. The lowest BCUT2D eigenvalue weighted by atomic mass is 10.1. The van der Waals surface area contributed by atoms with E-state index >= 15 is 0 Å². The first-order chi connectivity index (χ1) is 18.5. The molecule has 192 valence electrons. The van der Waals surface area contributed by atoms with Crippen molar-refractivity contribution in [2.24, 2.45) is 0 Å². The third-order valence-corrected chi connectivity index (χ3v) is 5.50. The number of fused-ring (bicyclic) bond motifs is 13. The Labute approximate surface area is 219 Å². The molecule has 10 nitrogen and oxygen atoms in total. The molecule has 0 saturated heterocycles. The Morgan fingerprint density at radius 3 is 1.18 bits per heavy atom. The van der Waals surface area contributed by atoms with E-state index in [9.17, 15) is 19.2 Å². The van der Waals surface area contributed by atoms with E-state index < -0.39 is 23.6 Å². The lowest BCUT2D eigenvalue weighted by molar-refractivity contribution is 0.0928. The Kier molecular flexibility index (Phi) is 8.69. The van der Waals surface area contributed by atoms with Crippen LogP contribution in [-0.2, 0) is 13.1 Å². The molecule has 0 aliphatic carbocycles. The second-order valence-corrected chi connectivity index (χ2v) is 8.27. The lowest BCUT2D eigenvalue weighted by Crippen LogP contribution is -2.28. The molecule has 3 aromatic rings. The monoisotopic (exact) mass is 510 g/mol. The Morgan fingerprint density at radius 1 is 0.474 bits per heavy atom. The molecule has 0 fully saturated rings. The quantitative estimate of drug-likeness (QED) is 0.364. The van der Waals surface area contributed by atoms with Gasteiger partial charge in [0.1, 0.15) is 22.8 Å². The summed E-state index contributed by atoms with van der Waals surface area (Å²) in [7, 11) is 0. The third kappa shape index (κ3) is 7.20. The average Bonchev–Trinajstić information content (AvgIpc) is 2.96. The van der Waals surface area contributed by atoms with Gasteiger partial charge in [-0.15, -0.1) is 0 Å². The Balaban J connectivity index is 1.50. The first kappa shape index (κ1) is 26.0. The van der Waals surface area contributed by atoms with Crippen LogP contribution in [-0.4, -0.2) is 46.7 Å². The standard InChI is InChI=1S/C28H26N6O4/c35-25-21-7-5-9-23(33-21)27(37)31-17-19-11-13-20(14-12-19)18-32-28(38)24-10-6-8-22(34-24)26(36)30-16-4-2-1-3-15-29-25/h1-14H,15-18H2,(H,29,35)(H,30,36)(H,31,37)(H,32,38). The van der Waals surface area contributed by atoms with E-state index in [1.165, 1.54) is 12.1 Å². The molecule has 2 aliphatic rings. The number of amides is 4. The Hall–Kier alpha value is -5.12. The zero-order chi connectivity index (χ0) is 26.7. The predicted molar refractivity (Wildman–Crippen MR) is 140 cm³/mol. The van der Waals surface area contributed by atoms with Gasteiger partial charge in [0.15, 0.2) is 0 Å². The van der Waals surface area contributed by atoms with Crippen LogP contribution < -0.4 is 21.3 Å². The maximum absolute atomic E-state index is 12.6. The number of pyridine rings is 2. The average molecular weight is 511 g/mol. The summed E-state index contributed by atoms with van der Waals surface area (Å²) in [5.74, 6) is -1.60. The third-order valence-electron chi connectivity index (χ3n) is 5.50. The van der Waals surface area contributed by atoms with E-state index in [4.69, 9.17) is 0 Å². The molecule has 1 aromatic carbocycles. The fraction of sp³-hybridized carbons (Fsp3) is 0.143. The Morgan fingerprint density at radius 2 is 0.816 bits per heavy atom. The molecule has 6 bridgehead atoms. The summed E-state index contributed by atoms with van der Waals surface area (Å²) in [5, 5.41) is 11.0. The van der Waals surface area contributed by atoms with Gasteiger partial charge in [-0.3, -0.25) is 19.2 Å². The molecule has 5 rings (SSSR count). The number of hydrogen-bond acceptors (Lipinski definition) is 6. The van der Waals surface area contributed by atoms with Gasteiger partial charge in [-0.05, 0) is 35.4 Å². The van der Waals surface area contributed by atoms with E-state index in [2.05, 4.69) is 31.2 Å². The number of benzene rings is 1. The van der Waals surface area contributed by atoms with Gasteiger partial charge in [0.2, 0.25) is 0 Å². The van der Waals surface area contributed by atoms with Crippen LogP contribution >= 0.6 is 0 Å². The van der Waals surface area contributed by atoms with Gasteiger partial charge in [-0.25, -0.2) is 9.97 Å². The minimum absolute atomic E-state index is 0.134. The second-order valence-electron chi connectivity index (χ2n) is 8.27. The minimum atomic E-state index is -0.403. The number of aromatic nitrogens is 2. The van der Waals surface area contributed by atoms with Gasteiger partial charge in [0.05, 0.1) is 0 Å². The van der Waals surface area contributed by atoms with Gasteiger partial charge in [-0.1, -0.05) is 60.7 Å². The van der Waals surface area contributed by atoms with E-state index in [0.29, 0.717) is 0 Å². The van der Waals surface area contributed by atoms with Crippen LogP contribution in [0.5, 0.6) is 0 Å². The highest BCUT2D eigenvalue weighted by molar-refractivity contribution is 5.97. The molecule has 0 atom stereocenters. The first-order valence-electron chi connectivity index (χ1n) is 12.0. The van der Waals surface area contributed by atoms with Crippen molar-refractivity contribution in [3.05, 3.63) is 119 Å². The van der Waals surface area contributed by atoms with Crippen LogP contribution in [0.4, 0.5) is 0 Å². The van der Waals surface area contributed by atoms with Gasteiger partial charge in [0.25, 0.3) is 23.6 Å². The van der Waals surface area contributed by atoms with E-state index in [0.717, 1.165) is 11.1 Å². The zero-order valence-corrected chi connectivity index (χ0v) is 20.4. The fourth-order valence-corrected chi connectivity index (χ4v) is 3.47. The predicted octanol–water partition coefficient (Wildman–Crippen LogP) is 1.92. The van der Waals surface area contributed by atoms with Crippen molar-refractivity contribution >= 4 is 23.6 Å². The molecule has 10 heteroatoms. The second kappa shape index (κ2) is 12.7. The molecule has 4 amide bonds. The summed E-state index contributed by atoms with van der Waals surface area (Å²) >= 11 is 0. The normalized spacial score (nSPS) is 15.3. The SMILES string of the molecule is O=C1NCC=CC=CCNC(=O)c2cccc(n2)C(=O)NCc2ccc(cc2)CNC(=O)c2cccc1n2. The zero-order valence-electron chi connectivity index (χ0n) is 20.4. The number of carbonyl (C=O) groups excluding carboxylic acids is 4. The van der Waals surface area contributed by atoms with Crippen LogP contribution in [0.25, 0.3) is 0 Å². The number of allylic oxidation sites excluding steroid dienone is 2. The molecule has 4 heterocycles. The molecular formula is C28H26N6O4. The van der Waals surface area contributed by atoms with E-state index in [1.807, 2.05) is 24.3 Å². The molecule has 0 spiro atoms. The van der Waals surface area contributed by atoms with Crippen molar-refractivity contribution in [2.45, 2.75) is 13.1 Å². The van der Waals surface area contributed by atoms with Crippen LogP contribution in [0.15, 0.2) is 85.0 Å². The van der Waals surface area contributed by atoms with Crippen molar-refractivity contribution in [3.8, 4) is 0 Å². The van der Waals surface area contributed by atoms with Gasteiger partial charge < -0.3 is 21.3 Å². The molecule has 0 saturated carbocycles. The maximum atomic E-state index is 12.6. The molecule has 0 unspecified atom stereocenters. The Bertz CT molecular complexity index is 1290. The maximum Gasteiger partial charge on any atom is 0.270 e. The highest BCUT2D eigenvalue weighted by atomic mass is 16.2. The van der Waals surface area contributed by atoms with Crippen molar-refractivity contribution in [1.82, 2.24) is 31.2 Å². The highest BCUT2D eigenvalue weighted by Crippen LogP contribution is 2.07. The van der Waals surface area contributed by atoms with Crippen molar-refractivity contribution in [3.63, 3.8) is 0 Å². The molecular weight excluding hydrogens is 484 g/mol. The molecule has 4 N–H and O–H groups in total. The number of nitrogens with one attached hydrogen (secondary N) is 4. The van der Waals surface area contributed by atoms with E-state index in [1.54, 1.807) is 48.6 Å². The summed E-state index contributed by atoms with van der Waals surface area (Å²) in [4.78, 5) is 58.3. The summed E-state index contributed by atoms with van der Waals surface area (Å²) in [6, 6.07) is 16.7. The van der Waals surface area contributed by atoms with Crippen molar-refractivity contribution in [1.29, 1.82) is 0 Å². The van der Waals surface area contributed by atoms with Crippen LogP contribution in [0.2, 0.25) is 0 Å². The number of nitrogens with zero attached hydrogens (tertiary/aromatic N) is 2. The summed E-state index contributed by atoms with van der Waals surface area (Å²) in [5.41, 5.74) is 2.24. The number of rotatable bonds is 0. The lowest BCUT2D eigenvalue weighted by Gasteiger charge is -2.09. The summed E-state index contributed by atoms with van der Waals surface area (Å²) < 4.78 is 0.